The summed E-state index contributed by atoms with van der Waals surface area (Å²) in [6.07, 6.45) is 0. The molecule has 2 rings (SSSR count). The SMILES string of the molecule is CCNCc1cc(-c2ccc(F)cc2Cl)ccc1Cl. The van der Waals surface area contributed by atoms with Crippen molar-refractivity contribution < 1.29 is 4.39 Å². The lowest BCUT2D eigenvalue weighted by atomic mass is 10.0. The molecule has 0 fully saturated rings. The van der Waals surface area contributed by atoms with E-state index < -0.39 is 0 Å². The molecule has 0 bridgehead atoms. The van der Waals surface area contributed by atoms with Crippen molar-refractivity contribution in [3.63, 3.8) is 0 Å². The van der Waals surface area contributed by atoms with E-state index in [1.165, 1.54) is 12.1 Å². The summed E-state index contributed by atoms with van der Waals surface area (Å²) in [4.78, 5) is 0. The van der Waals surface area contributed by atoms with Crippen molar-refractivity contribution in [1.29, 1.82) is 0 Å². The van der Waals surface area contributed by atoms with E-state index >= 15 is 0 Å². The average Bonchev–Trinajstić information content (AvgIpc) is 2.38. The van der Waals surface area contributed by atoms with Crippen molar-refractivity contribution in [2.75, 3.05) is 6.54 Å². The van der Waals surface area contributed by atoms with Gasteiger partial charge in [0, 0.05) is 17.1 Å². The number of halogens is 3. The summed E-state index contributed by atoms with van der Waals surface area (Å²) in [7, 11) is 0. The maximum atomic E-state index is 13.1. The van der Waals surface area contributed by atoms with Crippen LogP contribution in [0.25, 0.3) is 11.1 Å². The predicted octanol–water partition coefficient (Wildman–Crippen LogP) is 4.91. The zero-order valence-electron chi connectivity index (χ0n) is 10.5. The van der Waals surface area contributed by atoms with Gasteiger partial charge in [0.05, 0.1) is 5.02 Å². The fraction of sp³-hybridized carbons (Fsp3) is 0.200. The molecule has 0 spiro atoms. The van der Waals surface area contributed by atoms with Crippen LogP contribution in [0, 0.1) is 5.82 Å². The Bertz CT molecular complexity index is 584. The molecule has 0 heterocycles. The Kier molecular flexibility index (Phi) is 4.81. The van der Waals surface area contributed by atoms with Crippen LogP contribution >= 0.6 is 23.2 Å². The van der Waals surface area contributed by atoms with Crippen molar-refractivity contribution in [3.05, 3.63) is 57.8 Å². The minimum absolute atomic E-state index is 0.337. The molecular formula is C15H14Cl2FN. The Labute approximate surface area is 122 Å². The highest BCUT2D eigenvalue weighted by Crippen LogP contribution is 2.31. The standard InChI is InChI=1S/C15H14Cl2FN/c1-2-19-9-11-7-10(3-6-14(11)16)13-5-4-12(18)8-15(13)17/h3-8,19H,2,9H2,1H3. The van der Waals surface area contributed by atoms with Gasteiger partial charge in [0.1, 0.15) is 5.82 Å². The lowest BCUT2D eigenvalue weighted by Gasteiger charge is -2.10. The second-order valence-corrected chi connectivity index (χ2v) is 5.03. The number of hydrogen-bond acceptors (Lipinski definition) is 1. The van der Waals surface area contributed by atoms with E-state index in [2.05, 4.69) is 5.32 Å². The molecule has 0 saturated carbocycles. The lowest BCUT2D eigenvalue weighted by molar-refractivity contribution is 0.628. The third-order valence-corrected chi connectivity index (χ3v) is 3.53. The highest BCUT2D eigenvalue weighted by Gasteiger charge is 2.07. The molecule has 0 amide bonds. The van der Waals surface area contributed by atoms with Crippen LogP contribution < -0.4 is 5.32 Å². The zero-order valence-corrected chi connectivity index (χ0v) is 12.0. The molecule has 100 valence electrons. The van der Waals surface area contributed by atoms with E-state index in [0.29, 0.717) is 16.6 Å². The van der Waals surface area contributed by atoms with E-state index in [9.17, 15) is 4.39 Å². The van der Waals surface area contributed by atoms with Crippen molar-refractivity contribution in [2.24, 2.45) is 0 Å². The summed E-state index contributed by atoms with van der Waals surface area (Å²) < 4.78 is 13.1. The molecular weight excluding hydrogens is 284 g/mol. The molecule has 0 atom stereocenters. The van der Waals surface area contributed by atoms with E-state index in [0.717, 1.165) is 23.2 Å². The minimum Gasteiger partial charge on any atom is -0.313 e. The molecule has 2 aromatic carbocycles. The summed E-state index contributed by atoms with van der Waals surface area (Å²) >= 11 is 12.2. The quantitative estimate of drug-likeness (QED) is 0.845. The molecule has 0 aliphatic heterocycles. The second-order valence-electron chi connectivity index (χ2n) is 4.21. The van der Waals surface area contributed by atoms with Gasteiger partial charge in [-0.3, -0.25) is 0 Å². The Morgan fingerprint density at radius 2 is 1.84 bits per heavy atom. The van der Waals surface area contributed by atoms with Crippen LogP contribution in [-0.2, 0) is 6.54 Å². The summed E-state index contributed by atoms with van der Waals surface area (Å²) in [5.74, 6) is -0.337. The van der Waals surface area contributed by atoms with Gasteiger partial charge in [-0.2, -0.15) is 0 Å². The maximum Gasteiger partial charge on any atom is 0.124 e. The smallest absolute Gasteiger partial charge is 0.124 e. The Hall–Kier alpha value is -1.09. The van der Waals surface area contributed by atoms with Crippen LogP contribution in [0.4, 0.5) is 4.39 Å². The van der Waals surface area contributed by atoms with Crippen molar-refractivity contribution in [3.8, 4) is 11.1 Å². The van der Waals surface area contributed by atoms with Crippen LogP contribution in [0.15, 0.2) is 36.4 Å². The fourth-order valence-corrected chi connectivity index (χ4v) is 2.32. The first-order valence-electron chi connectivity index (χ1n) is 6.06. The fourth-order valence-electron chi connectivity index (χ4n) is 1.86. The Balaban J connectivity index is 2.39. The van der Waals surface area contributed by atoms with E-state index in [-0.39, 0.29) is 5.82 Å². The van der Waals surface area contributed by atoms with Gasteiger partial charge in [-0.1, -0.05) is 36.2 Å². The van der Waals surface area contributed by atoms with Crippen LogP contribution in [0.3, 0.4) is 0 Å². The van der Waals surface area contributed by atoms with Gasteiger partial charge >= 0.3 is 0 Å². The van der Waals surface area contributed by atoms with Gasteiger partial charge in [0.25, 0.3) is 0 Å². The van der Waals surface area contributed by atoms with E-state index in [1.807, 2.05) is 25.1 Å². The molecule has 0 aliphatic carbocycles. The van der Waals surface area contributed by atoms with Crippen molar-refractivity contribution in [2.45, 2.75) is 13.5 Å². The normalized spacial score (nSPS) is 10.7. The molecule has 0 aromatic heterocycles. The third kappa shape index (κ3) is 3.47. The molecule has 1 nitrogen and oxygen atoms in total. The largest absolute Gasteiger partial charge is 0.313 e. The average molecular weight is 298 g/mol. The van der Waals surface area contributed by atoms with Crippen LogP contribution in [0.5, 0.6) is 0 Å². The molecule has 0 saturated heterocycles. The Morgan fingerprint density at radius 3 is 2.53 bits per heavy atom. The van der Waals surface area contributed by atoms with Gasteiger partial charge in [-0.25, -0.2) is 4.39 Å². The highest BCUT2D eigenvalue weighted by molar-refractivity contribution is 6.33. The number of hydrogen-bond donors (Lipinski definition) is 1. The number of rotatable bonds is 4. The molecule has 1 N–H and O–H groups in total. The summed E-state index contributed by atoms with van der Waals surface area (Å²) in [6.45, 7) is 3.61. The molecule has 0 unspecified atom stereocenters. The summed E-state index contributed by atoms with van der Waals surface area (Å²) in [5, 5.41) is 4.34. The monoisotopic (exact) mass is 297 g/mol. The predicted molar refractivity (Wildman–Crippen MR) is 79.2 cm³/mol. The van der Waals surface area contributed by atoms with Gasteiger partial charge < -0.3 is 5.32 Å². The first-order valence-corrected chi connectivity index (χ1v) is 6.82. The minimum atomic E-state index is -0.337. The molecule has 0 radical (unpaired) electrons. The third-order valence-electron chi connectivity index (χ3n) is 2.85. The second kappa shape index (κ2) is 6.38. The molecule has 4 heteroatoms. The zero-order chi connectivity index (χ0) is 13.8. The lowest BCUT2D eigenvalue weighted by Crippen LogP contribution is -2.12. The highest BCUT2D eigenvalue weighted by atomic mass is 35.5. The van der Waals surface area contributed by atoms with Gasteiger partial charge in [-0.15, -0.1) is 0 Å². The maximum absolute atomic E-state index is 13.1. The molecule has 0 aliphatic rings. The molecule has 19 heavy (non-hydrogen) atoms. The first-order chi connectivity index (χ1) is 9.11. The summed E-state index contributed by atoms with van der Waals surface area (Å²) in [6, 6.07) is 10.1. The van der Waals surface area contributed by atoms with Gasteiger partial charge in [0.2, 0.25) is 0 Å². The van der Waals surface area contributed by atoms with E-state index in [1.54, 1.807) is 6.07 Å². The Morgan fingerprint density at radius 1 is 1.05 bits per heavy atom. The van der Waals surface area contributed by atoms with Crippen LogP contribution in [0.1, 0.15) is 12.5 Å². The topological polar surface area (TPSA) is 12.0 Å². The van der Waals surface area contributed by atoms with E-state index in [4.69, 9.17) is 23.2 Å². The molecule has 2 aromatic rings. The summed E-state index contributed by atoms with van der Waals surface area (Å²) in [5.41, 5.74) is 2.74. The van der Waals surface area contributed by atoms with Crippen molar-refractivity contribution in [1.82, 2.24) is 5.32 Å². The number of benzene rings is 2. The van der Waals surface area contributed by atoms with Crippen LogP contribution in [0.2, 0.25) is 10.0 Å². The number of nitrogens with one attached hydrogen (secondary N) is 1. The first kappa shape index (κ1) is 14.3. The van der Waals surface area contributed by atoms with Crippen molar-refractivity contribution >= 4 is 23.2 Å². The van der Waals surface area contributed by atoms with Gasteiger partial charge in [0.15, 0.2) is 0 Å². The van der Waals surface area contributed by atoms with Crippen LogP contribution in [-0.4, -0.2) is 6.54 Å². The van der Waals surface area contributed by atoms with Gasteiger partial charge in [-0.05, 0) is 48.0 Å².